The summed E-state index contributed by atoms with van der Waals surface area (Å²) in [5, 5.41) is 23.8. The average Bonchev–Trinajstić information content (AvgIpc) is 2.40. The van der Waals surface area contributed by atoms with E-state index in [4.69, 9.17) is 0 Å². The number of hydrogen-bond acceptors (Lipinski definition) is 4. The summed E-state index contributed by atoms with van der Waals surface area (Å²) in [5.41, 5.74) is 0.994. The molecule has 0 aliphatic heterocycles. The van der Waals surface area contributed by atoms with Gasteiger partial charge < -0.3 is 10.4 Å². The standard InChI is InChI=1S/C14H19BrN2O3/c15-13-5-4-11(7-14(13)17(19)20)9-16-8-10-2-1-3-12(18)6-10/h4-5,7,10,12,16,18H,1-3,6,8-9H2. The second kappa shape index (κ2) is 7.15. The molecule has 5 nitrogen and oxygen atoms in total. The summed E-state index contributed by atoms with van der Waals surface area (Å²) >= 11 is 3.18. The highest BCUT2D eigenvalue weighted by Gasteiger charge is 2.19. The number of nitrogens with one attached hydrogen (secondary N) is 1. The Labute approximate surface area is 126 Å². The Balaban J connectivity index is 1.85. The SMILES string of the molecule is O=[N+]([O-])c1cc(CNCC2CCCC(O)C2)ccc1Br. The molecule has 1 saturated carbocycles. The van der Waals surface area contributed by atoms with Crippen LogP contribution in [0, 0.1) is 16.0 Å². The highest BCUT2D eigenvalue weighted by atomic mass is 79.9. The van der Waals surface area contributed by atoms with Crippen LogP contribution in [-0.2, 0) is 6.54 Å². The van der Waals surface area contributed by atoms with Gasteiger partial charge in [0, 0.05) is 12.6 Å². The number of hydrogen-bond donors (Lipinski definition) is 2. The Morgan fingerprint density at radius 3 is 2.95 bits per heavy atom. The van der Waals surface area contributed by atoms with Crippen LogP contribution >= 0.6 is 15.9 Å². The van der Waals surface area contributed by atoms with E-state index in [0.717, 1.165) is 37.8 Å². The first-order valence-corrected chi connectivity index (χ1v) is 7.67. The predicted molar refractivity (Wildman–Crippen MR) is 80.5 cm³/mol. The Morgan fingerprint density at radius 1 is 1.45 bits per heavy atom. The molecule has 2 N–H and O–H groups in total. The van der Waals surface area contributed by atoms with E-state index in [1.807, 2.05) is 6.07 Å². The van der Waals surface area contributed by atoms with E-state index in [1.165, 1.54) is 0 Å². The number of nitro groups is 1. The normalized spacial score (nSPS) is 22.7. The maximum absolute atomic E-state index is 10.9. The number of nitro benzene ring substituents is 1. The van der Waals surface area contributed by atoms with E-state index in [1.54, 1.807) is 12.1 Å². The maximum Gasteiger partial charge on any atom is 0.283 e. The third-order valence-electron chi connectivity index (χ3n) is 3.72. The summed E-state index contributed by atoms with van der Waals surface area (Å²) in [5.74, 6) is 0.504. The molecule has 1 fully saturated rings. The minimum absolute atomic E-state index is 0.0948. The molecule has 0 heterocycles. The van der Waals surface area contributed by atoms with Crippen molar-refractivity contribution in [2.45, 2.75) is 38.3 Å². The van der Waals surface area contributed by atoms with E-state index in [9.17, 15) is 15.2 Å². The summed E-state index contributed by atoms with van der Waals surface area (Å²) in [6.45, 7) is 1.46. The van der Waals surface area contributed by atoms with Gasteiger partial charge >= 0.3 is 0 Å². The molecule has 2 rings (SSSR count). The largest absolute Gasteiger partial charge is 0.393 e. The summed E-state index contributed by atoms with van der Waals surface area (Å²) in [4.78, 5) is 10.5. The van der Waals surface area contributed by atoms with E-state index < -0.39 is 0 Å². The van der Waals surface area contributed by atoms with Crippen molar-refractivity contribution in [3.63, 3.8) is 0 Å². The molecule has 0 spiro atoms. The molecule has 1 aromatic carbocycles. The summed E-state index contributed by atoms with van der Waals surface area (Å²) in [6.07, 6.45) is 3.83. The molecule has 6 heteroatoms. The first-order valence-electron chi connectivity index (χ1n) is 6.88. The minimum Gasteiger partial charge on any atom is -0.393 e. The average molecular weight is 343 g/mol. The van der Waals surface area contributed by atoms with Gasteiger partial charge in [0.2, 0.25) is 0 Å². The van der Waals surface area contributed by atoms with Crippen molar-refractivity contribution in [3.8, 4) is 0 Å². The van der Waals surface area contributed by atoms with E-state index >= 15 is 0 Å². The number of nitrogens with zero attached hydrogens (tertiary/aromatic N) is 1. The van der Waals surface area contributed by atoms with Gasteiger partial charge in [-0.05, 0) is 59.3 Å². The zero-order chi connectivity index (χ0) is 14.5. The van der Waals surface area contributed by atoms with Crippen LogP contribution in [-0.4, -0.2) is 22.7 Å². The molecule has 0 radical (unpaired) electrons. The van der Waals surface area contributed by atoms with Gasteiger partial charge in [-0.15, -0.1) is 0 Å². The molecule has 110 valence electrons. The quantitative estimate of drug-likeness (QED) is 0.637. The fourth-order valence-electron chi connectivity index (χ4n) is 2.68. The van der Waals surface area contributed by atoms with Gasteiger partial charge in [-0.3, -0.25) is 10.1 Å². The molecule has 1 aliphatic carbocycles. The highest BCUT2D eigenvalue weighted by molar-refractivity contribution is 9.10. The molecule has 2 atom stereocenters. The van der Waals surface area contributed by atoms with Crippen LogP contribution in [0.3, 0.4) is 0 Å². The number of benzene rings is 1. The lowest BCUT2D eigenvalue weighted by atomic mass is 9.87. The lowest BCUT2D eigenvalue weighted by Gasteiger charge is -2.26. The van der Waals surface area contributed by atoms with E-state index in [-0.39, 0.29) is 16.7 Å². The molecule has 0 amide bonds. The van der Waals surface area contributed by atoms with Crippen LogP contribution in [0.15, 0.2) is 22.7 Å². The molecule has 0 bridgehead atoms. The maximum atomic E-state index is 10.9. The van der Waals surface area contributed by atoms with Gasteiger partial charge in [0.05, 0.1) is 15.5 Å². The van der Waals surface area contributed by atoms with E-state index in [2.05, 4.69) is 21.2 Å². The van der Waals surface area contributed by atoms with Crippen molar-refractivity contribution in [1.29, 1.82) is 0 Å². The van der Waals surface area contributed by atoms with Crippen LogP contribution in [0.25, 0.3) is 0 Å². The molecule has 2 unspecified atom stereocenters. The number of aliphatic hydroxyl groups excluding tert-OH is 1. The fraction of sp³-hybridized carbons (Fsp3) is 0.571. The fourth-order valence-corrected chi connectivity index (χ4v) is 3.07. The van der Waals surface area contributed by atoms with Crippen molar-refractivity contribution < 1.29 is 10.0 Å². The predicted octanol–water partition coefficient (Wildman–Crippen LogP) is 3.00. The first kappa shape index (κ1) is 15.4. The Kier molecular flexibility index (Phi) is 5.51. The van der Waals surface area contributed by atoms with Crippen molar-refractivity contribution >= 4 is 21.6 Å². The van der Waals surface area contributed by atoms with Crippen LogP contribution in [0.4, 0.5) is 5.69 Å². The molecule has 1 aliphatic rings. The summed E-state index contributed by atoms with van der Waals surface area (Å²) in [6, 6.07) is 5.17. The zero-order valence-electron chi connectivity index (χ0n) is 11.2. The van der Waals surface area contributed by atoms with Crippen molar-refractivity contribution in [3.05, 3.63) is 38.3 Å². The minimum atomic E-state index is -0.384. The molecule has 0 saturated heterocycles. The lowest BCUT2D eigenvalue weighted by Crippen LogP contribution is -2.28. The summed E-state index contributed by atoms with van der Waals surface area (Å²) in [7, 11) is 0. The Hall–Kier alpha value is -0.980. The highest BCUT2D eigenvalue weighted by Crippen LogP contribution is 2.26. The van der Waals surface area contributed by atoms with Gasteiger partial charge in [0.15, 0.2) is 0 Å². The Morgan fingerprint density at radius 2 is 2.25 bits per heavy atom. The van der Waals surface area contributed by atoms with Crippen LogP contribution < -0.4 is 5.32 Å². The van der Waals surface area contributed by atoms with Gasteiger partial charge in [0.1, 0.15) is 0 Å². The zero-order valence-corrected chi connectivity index (χ0v) is 12.8. The third-order valence-corrected chi connectivity index (χ3v) is 4.40. The van der Waals surface area contributed by atoms with Gasteiger partial charge in [-0.25, -0.2) is 0 Å². The molecular formula is C14H19BrN2O3. The van der Waals surface area contributed by atoms with Gasteiger partial charge in [0.25, 0.3) is 5.69 Å². The first-order chi connectivity index (χ1) is 9.56. The molecule has 0 aromatic heterocycles. The van der Waals surface area contributed by atoms with Crippen molar-refractivity contribution in [2.75, 3.05) is 6.54 Å². The topological polar surface area (TPSA) is 75.4 Å². The van der Waals surface area contributed by atoms with Crippen LogP contribution in [0.2, 0.25) is 0 Å². The second-order valence-electron chi connectivity index (χ2n) is 5.36. The Bertz CT molecular complexity index is 481. The van der Waals surface area contributed by atoms with Crippen molar-refractivity contribution in [2.24, 2.45) is 5.92 Å². The van der Waals surface area contributed by atoms with Crippen LogP contribution in [0.1, 0.15) is 31.2 Å². The number of halogens is 1. The number of rotatable bonds is 5. The van der Waals surface area contributed by atoms with Gasteiger partial charge in [-0.2, -0.15) is 0 Å². The van der Waals surface area contributed by atoms with Gasteiger partial charge in [-0.1, -0.05) is 12.5 Å². The lowest BCUT2D eigenvalue weighted by molar-refractivity contribution is -0.385. The molecular weight excluding hydrogens is 324 g/mol. The van der Waals surface area contributed by atoms with E-state index in [0.29, 0.717) is 16.9 Å². The monoisotopic (exact) mass is 342 g/mol. The summed E-state index contributed by atoms with van der Waals surface area (Å²) < 4.78 is 0.502. The smallest absolute Gasteiger partial charge is 0.283 e. The van der Waals surface area contributed by atoms with Crippen molar-refractivity contribution in [1.82, 2.24) is 5.32 Å². The third kappa shape index (κ3) is 4.26. The van der Waals surface area contributed by atoms with Crippen LogP contribution in [0.5, 0.6) is 0 Å². The molecule has 1 aromatic rings. The molecule has 20 heavy (non-hydrogen) atoms. The second-order valence-corrected chi connectivity index (χ2v) is 6.21. The number of aliphatic hydroxyl groups is 1.